The maximum Gasteiger partial charge on any atom is 0.397 e. The minimum absolute atomic E-state index is 0.160. The minimum Gasteiger partial charge on any atom is -0.341 e. The van der Waals surface area contributed by atoms with Gasteiger partial charge in [-0.05, 0) is 6.42 Å². The number of halogens is 4. The number of carbonyl (C=O) groups is 1. The van der Waals surface area contributed by atoms with Crippen LogP contribution in [0.4, 0.5) is 13.2 Å². The Morgan fingerprint density at radius 3 is 2.33 bits per heavy atom. The SMILES string of the molecule is CCCCN(CCCl)C(=O)CC(F)(F)F. The Kier molecular flexibility index (Phi) is 6.72. The predicted octanol–water partition coefficient (Wildman–Crippen LogP) is 2.81. The summed E-state index contributed by atoms with van der Waals surface area (Å²) in [6.07, 6.45) is -4.31. The van der Waals surface area contributed by atoms with Crippen molar-refractivity contribution in [3.63, 3.8) is 0 Å². The molecule has 0 aliphatic heterocycles. The highest BCUT2D eigenvalue weighted by atomic mass is 35.5. The molecule has 0 aliphatic carbocycles. The summed E-state index contributed by atoms with van der Waals surface area (Å²) in [5, 5.41) is 0. The van der Waals surface area contributed by atoms with Crippen LogP contribution in [0.25, 0.3) is 0 Å². The smallest absolute Gasteiger partial charge is 0.341 e. The molecular weight excluding hydrogens is 231 g/mol. The van der Waals surface area contributed by atoms with Crippen molar-refractivity contribution in [3.05, 3.63) is 0 Å². The molecule has 0 bridgehead atoms. The van der Waals surface area contributed by atoms with E-state index >= 15 is 0 Å². The third kappa shape index (κ3) is 7.48. The first-order chi connectivity index (χ1) is 6.90. The first-order valence-corrected chi connectivity index (χ1v) is 5.34. The van der Waals surface area contributed by atoms with Gasteiger partial charge in [0, 0.05) is 19.0 Å². The van der Waals surface area contributed by atoms with Gasteiger partial charge < -0.3 is 4.90 Å². The van der Waals surface area contributed by atoms with Gasteiger partial charge in [0.15, 0.2) is 0 Å². The van der Waals surface area contributed by atoms with Gasteiger partial charge in [-0.15, -0.1) is 11.6 Å². The predicted molar refractivity (Wildman–Crippen MR) is 52.9 cm³/mol. The molecule has 15 heavy (non-hydrogen) atoms. The van der Waals surface area contributed by atoms with Crippen LogP contribution in [0.5, 0.6) is 0 Å². The van der Waals surface area contributed by atoms with E-state index in [1.54, 1.807) is 0 Å². The van der Waals surface area contributed by atoms with Gasteiger partial charge in [-0.1, -0.05) is 13.3 Å². The van der Waals surface area contributed by atoms with Crippen molar-refractivity contribution in [2.24, 2.45) is 0 Å². The zero-order valence-electron chi connectivity index (χ0n) is 8.61. The molecule has 0 atom stereocenters. The summed E-state index contributed by atoms with van der Waals surface area (Å²) in [4.78, 5) is 12.4. The van der Waals surface area contributed by atoms with Gasteiger partial charge in [-0.2, -0.15) is 13.2 Å². The Morgan fingerprint density at radius 2 is 1.93 bits per heavy atom. The highest BCUT2D eigenvalue weighted by Crippen LogP contribution is 2.20. The average molecular weight is 246 g/mol. The Bertz CT molecular complexity index is 196. The van der Waals surface area contributed by atoms with E-state index < -0.39 is 18.5 Å². The molecule has 0 aromatic carbocycles. The van der Waals surface area contributed by atoms with E-state index in [1.807, 2.05) is 6.92 Å². The van der Waals surface area contributed by atoms with Crippen LogP contribution in [-0.4, -0.2) is 36.0 Å². The Hall–Kier alpha value is -0.450. The molecule has 0 spiro atoms. The number of hydrogen-bond donors (Lipinski definition) is 0. The van der Waals surface area contributed by atoms with Gasteiger partial charge in [-0.25, -0.2) is 0 Å². The highest BCUT2D eigenvalue weighted by molar-refractivity contribution is 6.18. The van der Waals surface area contributed by atoms with Crippen LogP contribution in [0.3, 0.4) is 0 Å². The summed E-state index contributed by atoms with van der Waals surface area (Å²) in [5.41, 5.74) is 0. The second kappa shape index (κ2) is 6.93. The van der Waals surface area contributed by atoms with Crippen LogP contribution < -0.4 is 0 Å². The van der Waals surface area contributed by atoms with E-state index in [0.717, 1.165) is 6.42 Å². The van der Waals surface area contributed by atoms with E-state index in [0.29, 0.717) is 13.0 Å². The molecule has 0 N–H and O–H groups in total. The maximum absolute atomic E-state index is 11.9. The minimum atomic E-state index is -4.44. The molecule has 0 saturated heterocycles. The van der Waals surface area contributed by atoms with Crippen molar-refractivity contribution in [1.29, 1.82) is 0 Å². The van der Waals surface area contributed by atoms with Crippen LogP contribution >= 0.6 is 11.6 Å². The van der Waals surface area contributed by atoms with Crippen molar-refractivity contribution in [2.75, 3.05) is 19.0 Å². The van der Waals surface area contributed by atoms with Gasteiger partial charge in [0.25, 0.3) is 0 Å². The molecule has 1 amide bonds. The number of unbranched alkanes of at least 4 members (excludes halogenated alkanes) is 1. The normalized spacial score (nSPS) is 11.5. The van der Waals surface area contributed by atoms with Crippen molar-refractivity contribution in [3.8, 4) is 0 Å². The third-order valence-electron chi connectivity index (χ3n) is 1.84. The summed E-state index contributed by atoms with van der Waals surface area (Å²) < 4.78 is 35.8. The molecule has 0 aliphatic rings. The number of rotatable bonds is 6. The summed E-state index contributed by atoms with van der Waals surface area (Å²) >= 11 is 5.42. The Morgan fingerprint density at radius 1 is 1.33 bits per heavy atom. The first-order valence-electron chi connectivity index (χ1n) is 4.81. The van der Waals surface area contributed by atoms with Crippen molar-refractivity contribution in [1.82, 2.24) is 4.90 Å². The van der Waals surface area contributed by atoms with E-state index in [-0.39, 0.29) is 12.4 Å². The van der Waals surface area contributed by atoms with Gasteiger partial charge in [-0.3, -0.25) is 4.79 Å². The van der Waals surface area contributed by atoms with Crippen LogP contribution in [0.2, 0.25) is 0 Å². The average Bonchev–Trinajstić information content (AvgIpc) is 2.09. The summed E-state index contributed by atoms with van der Waals surface area (Å²) in [5.74, 6) is -0.732. The number of alkyl halides is 4. The summed E-state index contributed by atoms with van der Waals surface area (Å²) in [6.45, 7) is 2.43. The molecule has 2 nitrogen and oxygen atoms in total. The quantitative estimate of drug-likeness (QED) is 0.659. The molecule has 0 fully saturated rings. The van der Waals surface area contributed by atoms with Gasteiger partial charge in [0.05, 0.1) is 0 Å². The van der Waals surface area contributed by atoms with Crippen LogP contribution in [-0.2, 0) is 4.79 Å². The lowest BCUT2D eigenvalue weighted by molar-refractivity contribution is -0.161. The fraction of sp³-hybridized carbons (Fsp3) is 0.889. The molecule has 90 valence electrons. The highest BCUT2D eigenvalue weighted by Gasteiger charge is 2.33. The second-order valence-electron chi connectivity index (χ2n) is 3.22. The summed E-state index contributed by atoms with van der Waals surface area (Å²) in [6, 6.07) is 0. The first kappa shape index (κ1) is 14.6. The van der Waals surface area contributed by atoms with Crippen LogP contribution in [0.1, 0.15) is 26.2 Å². The van der Waals surface area contributed by atoms with Gasteiger partial charge in [0.1, 0.15) is 6.42 Å². The zero-order chi connectivity index (χ0) is 11.9. The molecule has 0 radical (unpaired) electrons. The lowest BCUT2D eigenvalue weighted by Gasteiger charge is -2.22. The van der Waals surface area contributed by atoms with Crippen molar-refractivity contribution < 1.29 is 18.0 Å². The van der Waals surface area contributed by atoms with Crippen LogP contribution in [0.15, 0.2) is 0 Å². The van der Waals surface area contributed by atoms with Gasteiger partial charge in [0.2, 0.25) is 5.91 Å². The fourth-order valence-electron chi connectivity index (χ4n) is 1.10. The van der Waals surface area contributed by atoms with Gasteiger partial charge >= 0.3 is 6.18 Å². The molecule has 0 aromatic heterocycles. The van der Waals surface area contributed by atoms with Crippen molar-refractivity contribution in [2.45, 2.75) is 32.4 Å². The molecule has 0 heterocycles. The summed E-state index contributed by atoms with van der Waals surface area (Å²) in [7, 11) is 0. The third-order valence-corrected chi connectivity index (χ3v) is 2.01. The molecule has 0 unspecified atom stereocenters. The Balaban J connectivity index is 4.15. The standard InChI is InChI=1S/C9H15ClF3NO/c1-2-3-5-14(6-4-10)8(15)7-9(11,12)13/h2-7H2,1H3. The van der Waals surface area contributed by atoms with Crippen LogP contribution in [0, 0.1) is 0 Å². The van der Waals surface area contributed by atoms with E-state index in [4.69, 9.17) is 11.6 Å². The van der Waals surface area contributed by atoms with E-state index in [2.05, 4.69) is 0 Å². The molecule has 0 rings (SSSR count). The molecule has 6 heteroatoms. The fourth-order valence-corrected chi connectivity index (χ4v) is 1.30. The Labute approximate surface area is 92.4 Å². The zero-order valence-corrected chi connectivity index (χ0v) is 9.37. The second-order valence-corrected chi connectivity index (χ2v) is 3.59. The molecule has 0 aromatic rings. The molecule has 0 saturated carbocycles. The number of hydrogen-bond acceptors (Lipinski definition) is 1. The number of nitrogens with zero attached hydrogens (tertiary/aromatic N) is 1. The lowest BCUT2D eigenvalue weighted by atomic mass is 10.3. The largest absolute Gasteiger partial charge is 0.397 e. The van der Waals surface area contributed by atoms with Crippen molar-refractivity contribution >= 4 is 17.5 Å². The maximum atomic E-state index is 11.9. The molecular formula is C9H15ClF3NO. The lowest BCUT2D eigenvalue weighted by Crippen LogP contribution is -2.36. The topological polar surface area (TPSA) is 20.3 Å². The number of amides is 1. The number of carbonyl (C=O) groups excluding carboxylic acids is 1. The monoisotopic (exact) mass is 245 g/mol. The van der Waals surface area contributed by atoms with E-state index in [1.165, 1.54) is 4.90 Å². The van der Waals surface area contributed by atoms with E-state index in [9.17, 15) is 18.0 Å².